The van der Waals surface area contributed by atoms with Crippen molar-refractivity contribution in [3.05, 3.63) is 34.9 Å². The van der Waals surface area contributed by atoms with Crippen LogP contribution >= 0.6 is 11.6 Å². The molecule has 0 heterocycles. The van der Waals surface area contributed by atoms with Crippen molar-refractivity contribution in [2.75, 3.05) is 6.54 Å². The Morgan fingerprint density at radius 3 is 2.55 bits per heavy atom. The molecule has 0 aliphatic carbocycles. The Kier molecular flexibility index (Phi) is 6.37. The first-order chi connectivity index (χ1) is 10.2. The number of carboxylic acid groups (broad SMARTS) is 1. The Bertz CT molecular complexity index is 572. The molecule has 7 heteroatoms. The first-order valence-corrected chi connectivity index (χ1v) is 7.14. The summed E-state index contributed by atoms with van der Waals surface area (Å²) in [6.07, 6.45) is 0.262. The predicted octanol–water partition coefficient (Wildman–Crippen LogP) is 1.83. The summed E-state index contributed by atoms with van der Waals surface area (Å²) in [5, 5.41) is 14.3. The molecular weight excluding hydrogens is 308 g/mol. The van der Waals surface area contributed by atoms with Crippen molar-refractivity contribution in [2.45, 2.75) is 32.2 Å². The maximum absolute atomic E-state index is 11.9. The van der Waals surface area contributed by atoms with E-state index < -0.39 is 17.4 Å². The highest BCUT2D eigenvalue weighted by Crippen LogP contribution is 2.11. The summed E-state index contributed by atoms with van der Waals surface area (Å²) in [6.45, 7) is 3.26. The van der Waals surface area contributed by atoms with Crippen LogP contribution in [0.4, 0.5) is 0 Å². The Labute approximate surface area is 133 Å². The quantitative estimate of drug-likeness (QED) is 0.712. The van der Waals surface area contributed by atoms with Gasteiger partial charge in [0.15, 0.2) is 0 Å². The fourth-order valence-electron chi connectivity index (χ4n) is 1.80. The van der Waals surface area contributed by atoms with Gasteiger partial charge >= 0.3 is 5.97 Å². The van der Waals surface area contributed by atoms with Crippen LogP contribution in [0, 0.1) is 0 Å². The normalized spacial score (nSPS) is 10.9. The summed E-state index contributed by atoms with van der Waals surface area (Å²) < 4.78 is 0. The van der Waals surface area contributed by atoms with Crippen LogP contribution in [-0.4, -0.2) is 35.0 Å². The third-order valence-corrected chi connectivity index (χ3v) is 3.17. The van der Waals surface area contributed by atoms with Gasteiger partial charge in [-0.15, -0.1) is 0 Å². The number of benzene rings is 1. The van der Waals surface area contributed by atoms with Crippen molar-refractivity contribution in [3.63, 3.8) is 0 Å². The first-order valence-electron chi connectivity index (χ1n) is 6.76. The minimum absolute atomic E-state index is 0.0395. The number of carboxylic acids is 1. The Balaban J connectivity index is 2.45. The van der Waals surface area contributed by atoms with Gasteiger partial charge in [0.1, 0.15) is 0 Å². The third kappa shape index (κ3) is 6.58. The molecule has 1 aromatic carbocycles. The minimum Gasteiger partial charge on any atom is -0.481 e. The smallest absolute Gasteiger partial charge is 0.303 e. The Hall–Kier alpha value is -2.08. The van der Waals surface area contributed by atoms with Crippen molar-refractivity contribution < 1.29 is 19.5 Å². The number of rotatable bonds is 7. The molecule has 0 spiro atoms. The SMILES string of the molecule is CC(C)(CCC(=O)O)NC(=O)CNC(=O)c1cccc(Cl)c1. The number of amides is 2. The minimum atomic E-state index is -0.920. The van der Waals surface area contributed by atoms with Crippen molar-refractivity contribution >= 4 is 29.4 Å². The topological polar surface area (TPSA) is 95.5 Å². The molecule has 0 atom stereocenters. The van der Waals surface area contributed by atoms with Gasteiger partial charge in [0.2, 0.25) is 5.91 Å². The fourth-order valence-corrected chi connectivity index (χ4v) is 1.99. The molecule has 6 nitrogen and oxygen atoms in total. The van der Waals surface area contributed by atoms with E-state index in [1.165, 1.54) is 6.07 Å². The maximum atomic E-state index is 11.9. The molecule has 0 saturated heterocycles. The van der Waals surface area contributed by atoms with Gasteiger partial charge in [-0.25, -0.2) is 0 Å². The van der Waals surface area contributed by atoms with Crippen LogP contribution in [-0.2, 0) is 9.59 Å². The lowest BCUT2D eigenvalue weighted by molar-refractivity contribution is -0.137. The number of halogens is 1. The molecule has 0 radical (unpaired) electrons. The van der Waals surface area contributed by atoms with Gasteiger partial charge in [0.05, 0.1) is 6.54 Å². The van der Waals surface area contributed by atoms with Crippen molar-refractivity contribution in [1.82, 2.24) is 10.6 Å². The number of carbonyl (C=O) groups excluding carboxylic acids is 2. The lowest BCUT2D eigenvalue weighted by Crippen LogP contribution is -2.47. The van der Waals surface area contributed by atoms with E-state index in [1.54, 1.807) is 32.0 Å². The van der Waals surface area contributed by atoms with E-state index in [0.29, 0.717) is 17.0 Å². The molecule has 0 unspecified atom stereocenters. The molecule has 22 heavy (non-hydrogen) atoms. The van der Waals surface area contributed by atoms with Gasteiger partial charge in [-0.3, -0.25) is 14.4 Å². The molecule has 1 rings (SSSR count). The molecule has 0 aliphatic rings. The van der Waals surface area contributed by atoms with Crippen molar-refractivity contribution in [1.29, 1.82) is 0 Å². The van der Waals surface area contributed by atoms with Gasteiger partial charge in [-0.05, 0) is 38.5 Å². The van der Waals surface area contributed by atoms with Gasteiger partial charge < -0.3 is 15.7 Å². The van der Waals surface area contributed by atoms with Gasteiger partial charge in [0.25, 0.3) is 5.91 Å². The zero-order valence-electron chi connectivity index (χ0n) is 12.5. The second-order valence-corrected chi connectivity index (χ2v) is 5.96. The summed E-state index contributed by atoms with van der Waals surface area (Å²) in [5.41, 5.74) is -0.290. The van der Waals surface area contributed by atoms with Gasteiger partial charge in [-0.1, -0.05) is 17.7 Å². The van der Waals surface area contributed by atoms with Crippen molar-refractivity contribution in [3.8, 4) is 0 Å². The lowest BCUT2D eigenvalue weighted by atomic mass is 9.98. The van der Waals surface area contributed by atoms with E-state index in [-0.39, 0.29) is 18.9 Å². The van der Waals surface area contributed by atoms with Crippen LogP contribution in [0.15, 0.2) is 24.3 Å². The fraction of sp³-hybridized carbons (Fsp3) is 0.400. The van der Waals surface area contributed by atoms with Crippen LogP contribution in [0.1, 0.15) is 37.0 Å². The highest BCUT2D eigenvalue weighted by atomic mass is 35.5. The largest absolute Gasteiger partial charge is 0.481 e. The maximum Gasteiger partial charge on any atom is 0.303 e. The zero-order valence-corrected chi connectivity index (χ0v) is 13.2. The van der Waals surface area contributed by atoms with E-state index in [2.05, 4.69) is 10.6 Å². The van der Waals surface area contributed by atoms with Crippen LogP contribution < -0.4 is 10.6 Å². The molecule has 1 aromatic rings. The lowest BCUT2D eigenvalue weighted by Gasteiger charge is -2.25. The Morgan fingerprint density at radius 1 is 1.27 bits per heavy atom. The summed E-state index contributed by atoms with van der Waals surface area (Å²) >= 11 is 5.79. The molecule has 120 valence electrons. The summed E-state index contributed by atoms with van der Waals surface area (Å²) in [6, 6.07) is 6.39. The monoisotopic (exact) mass is 326 g/mol. The average molecular weight is 327 g/mol. The standard InChI is InChI=1S/C15H19ClN2O4/c1-15(2,7-6-13(20)21)18-12(19)9-17-14(22)10-4-3-5-11(16)8-10/h3-5,8H,6-7,9H2,1-2H3,(H,17,22)(H,18,19)(H,20,21). The molecule has 0 saturated carbocycles. The number of hydrogen-bond donors (Lipinski definition) is 3. The van der Waals surface area contributed by atoms with E-state index in [0.717, 1.165) is 0 Å². The number of aliphatic carboxylic acids is 1. The molecular formula is C15H19ClN2O4. The average Bonchev–Trinajstić information content (AvgIpc) is 2.42. The van der Waals surface area contributed by atoms with Gasteiger partial charge in [0, 0.05) is 22.5 Å². The van der Waals surface area contributed by atoms with E-state index in [1.807, 2.05) is 0 Å². The molecule has 0 fully saturated rings. The second kappa shape index (κ2) is 7.79. The Morgan fingerprint density at radius 2 is 1.95 bits per heavy atom. The van der Waals surface area contributed by atoms with Crippen LogP contribution in [0.5, 0.6) is 0 Å². The first kappa shape index (κ1) is 18.0. The number of carbonyl (C=O) groups is 3. The van der Waals surface area contributed by atoms with Crippen LogP contribution in [0.25, 0.3) is 0 Å². The highest BCUT2D eigenvalue weighted by molar-refractivity contribution is 6.30. The molecule has 0 aliphatic heterocycles. The van der Waals surface area contributed by atoms with Gasteiger partial charge in [-0.2, -0.15) is 0 Å². The third-order valence-electron chi connectivity index (χ3n) is 2.94. The zero-order chi connectivity index (χ0) is 16.8. The number of hydrogen-bond acceptors (Lipinski definition) is 3. The summed E-state index contributed by atoms with van der Waals surface area (Å²) in [4.78, 5) is 34.2. The predicted molar refractivity (Wildman–Crippen MR) is 82.9 cm³/mol. The summed E-state index contributed by atoms with van der Waals surface area (Å²) in [5.74, 6) is -1.71. The molecule has 2 amide bonds. The molecule has 0 bridgehead atoms. The number of nitrogens with one attached hydrogen (secondary N) is 2. The highest BCUT2D eigenvalue weighted by Gasteiger charge is 2.21. The van der Waals surface area contributed by atoms with Crippen LogP contribution in [0.3, 0.4) is 0 Å². The molecule has 0 aromatic heterocycles. The van der Waals surface area contributed by atoms with E-state index >= 15 is 0 Å². The van der Waals surface area contributed by atoms with E-state index in [9.17, 15) is 14.4 Å². The summed E-state index contributed by atoms with van der Waals surface area (Å²) in [7, 11) is 0. The van der Waals surface area contributed by atoms with Crippen LogP contribution in [0.2, 0.25) is 5.02 Å². The second-order valence-electron chi connectivity index (χ2n) is 5.52. The van der Waals surface area contributed by atoms with Crippen molar-refractivity contribution in [2.24, 2.45) is 0 Å². The molecule has 3 N–H and O–H groups in total. The van der Waals surface area contributed by atoms with E-state index in [4.69, 9.17) is 16.7 Å².